The van der Waals surface area contributed by atoms with E-state index in [0.717, 1.165) is 57.8 Å². The number of aryl methyl sites for hydroxylation is 1. The maximum atomic E-state index is 12.9. The van der Waals surface area contributed by atoms with E-state index in [1.165, 1.54) is 0 Å². The normalized spacial score (nSPS) is 23.3. The number of amides is 1. The summed E-state index contributed by atoms with van der Waals surface area (Å²) < 4.78 is 0. The first kappa shape index (κ1) is 16.9. The largest absolute Gasteiger partial charge is 0.340 e. The summed E-state index contributed by atoms with van der Waals surface area (Å²) in [4.78, 5) is 34.3. The highest BCUT2D eigenvalue weighted by Crippen LogP contribution is 2.39. The minimum absolute atomic E-state index is 0.0390. The third kappa shape index (κ3) is 3.38. The Morgan fingerprint density at radius 2 is 1.69 bits per heavy atom. The molecule has 0 saturated carbocycles. The molecule has 0 bridgehead atoms. The van der Waals surface area contributed by atoms with E-state index in [1.54, 1.807) is 24.8 Å². The molecule has 1 unspecified atom stereocenters. The minimum Gasteiger partial charge on any atom is -0.340 e. The number of hydrogen-bond acceptors (Lipinski definition) is 6. The summed E-state index contributed by atoms with van der Waals surface area (Å²) in [5, 5.41) is 0. The summed E-state index contributed by atoms with van der Waals surface area (Å²) in [6, 6.07) is 1.84. The van der Waals surface area contributed by atoms with Crippen molar-refractivity contribution in [2.75, 3.05) is 31.1 Å². The van der Waals surface area contributed by atoms with Crippen LogP contribution in [-0.2, 0) is 0 Å². The summed E-state index contributed by atoms with van der Waals surface area (Å²) in [5.74, 6) is 1.52. The van der Waals surface area contributed by atoms with Gasteiger partial charge in [-0.05, 0) is 38.7 Å². The van der Waals surface area contributed by atoms with E-state index in [2.05, 4.69) is 24.8 Å². The van der Waals surface area contributed by atoms with Crippen molar-refractivity contribution in [3.8, 4) is 0 Å². The monoisotopic (exact) mass is 352 g/mol. The van der Waals surface area contributed by atoms with E-state index in [-0.39, 0.29) is 11.3 Å². The van der Waals surface area contributed by atoms with Crippen molar-refractivity contribution in [2.45, 2.75) is 32.6 Å². The first-order chi connectivity index (χ1) is 12.7. The molecule has 1 amide bonds. The van der Waals surface area contributed by atoms with Gasteiger partial charge >= 0.3 is 0 Å². The molecule has 2 aromatic rings. The maximum Gasteiger partial charge on any atom is 0.257 e. The van der Waals surface area contributed by atoms with Gasteiger partial charge in [-0.1, -0.05) is 0 Å². The number of rotatable bonds is 2. The molecule has 0 aromatic carbocycles. The van der Waals surface area contributed by atoms with Gasteiger partial charge in [-0.3, -0.25) is 4.79 Å². The van der Waals surface area contributed by atoms with Crippen molar-refractivity contribution in [3.05, 3.63) is 42.2 Å². The van der Waals surface area contributed by atoms with Gasteiger partial charge < -0.3 is 9.80 Å². The second-order valence-corrected chi connectivity index (χ2v) is 7.42. The topological polar surface area (TPSA) is 75.1 Å². The predicted molar refractivity (Wildman–Crippen MR) is 97.8 cm³/mol. The molecular weight excluding hydrogens is 328 g/mol. The Labute approximate surface area is 153 Å². The van der Waals surface area contributed by atoms with Crippen LogP contribution in [0.1, 0.15) is 41.9 Å². The molecular formula is C19H24N6O. The molecule has 1 spiro atoms. The van der Waals surface area contributed by atoms with E-state index in [0.29, 0.717) is 11.4 Å². The van der Waals surface area contributed by atoms with Gasteiger partial charge in [-0.25, -0.2) is 19.9 Å². The van der Waals surface area contributed by atoms with Gasteiger partial charge in [0.15, 0.2) is 0 Å². The van der Waals surface area contributed by atoms with Gasteiger partial charge in [-0.15, -0.1) is 0 Å². The van der Waals surface area contributed by atoms with Crippen molar-refractivity contribution < 1.29 is 4.79 Å². The first-order valence-corrected chi connectivity index (χ1v) is 9.25. The van der Waals surface area contributed by atoms with Crippen LogP contribution in [0.4, 0.5) is 5.95 Å². The zero-order valence-corrected chi connectivity index (χ0v) is 15.1. The molecule has 0 N–H and O–H groups in total. The number of aromatic nitrogens is 4. The lowest BCUT2D eigenvalue weighted by atomic mass is 9.73. The molecule has 0 radical (unpaired) electrons. The number of carbonyl (C=O) groups is 1. The van der Waals surface area contributed by atoms with Crippen LogP contribution >= 0.6 is 0 Å². The Balaban J connectivity index is 1.50. The van der Waals surface area contributed by atoms with Crippen molar-refractivity contribution in [2.24, 2.45) is 5.41 Å². The Hall–Kier alpha value is -2.57. The lowest BCUT2D eigenvalue weighted by molar-refractivity contribution is 0.0464. The zero-order chi connectivity index (χ0) is 18.0. The second-order valence-electron chi connectivity index (χ2n) is 7.42. The molecule has 1 atom stereocenters. The highest BCUT2D eigenvalue weighted by Gasteiger charge is 2.41. The van der Waals surface area contributed by atoms with Crippen LogP contribution in [0, 0.1) is 12.3 Å². The molecule has 2 fully saturated rings. The molecule has 26 heavy (non-hydrogen) atoms. The number of anilines is 1. The van der Waals surface area contributed by atoms with Crippen LogP contribution in [0.2, 0.25) is 0 Å². The number of carbonyl (C=O) groups excluding carboxylic acids is 1. The Morgan fingerprint density at radius 3 is 2.42 bits per heavy atom. The van der Waals surface area contributed by atoms with Crippen LogP contribution in [0.25, 0.3) is 0 Å². The van der Waals surface area contributed by atoms with Crippen molar-refractivity contribution in [1.82, 2.24) is 24.8 Å². The molecule has 4 rings (SSSR count). The van der Waals surface area contributed by atoms with E-state index in [9.17, 15) is 4.79 Å². The van der Waals surface area contributed by atoms with Crippen LogP contribution < -0.4 is 4.90 Å². The van der Waals surface area contributed by atoms with Gasteiger partial charge in [0.05, 0.1) is 5.56 Å². The molecule has 0 aliphatic carbocycles. The Bertz CT molecular complexity index is 761. The van der Waals surface area contributed by atoms with Crippen molar-refractivity contribution in [3.63, 3.8) is 0 Å². The smallest absolute Gasteiger partial charge is 0.257 e. The fourth-order valence-electron chi connectivity index (χ4n) is 4.23. The fourth-order valence-corrected chi connectivity index (χ4v) is 4.23. The van der Waals surface area contributed by atoms with Crippen molar-refractivity contribution >= 4 is 11.9 Å². The third-order valence-electron chi connectivity index (χ3n) is 5.47. The summed E-state index contributed by atoms with van der Waals surface area (Å²) >= 11 is 0. The van der Waals surface area contributed by atoms with E-state index in [1.807, 2.05) is 17.9 Å². The minimum atomic E-state index is 0.0390. The highest BCUT2D eigenvalue weighted by molar-refractivity contribution is 5.93. The first-order valence-electron chi connectivity index (χ1n) is 9.25. The lowest BCUT2D eigenvalue weighted by Gasteiger charge is -2.48. The summed E-state index contributed by atoms with van der Waals surface area (Å²) in [7, 11) is 0. The number of hydrogen-bond donors (Lipinski definition) is 0. The molecule has 2 saturated heterocycles. The molecule has 7 heteroatoms. The molecule has 4 heterocycles. The Morgan fingerprint density at radius 1 is 1.00 bits per heavy atom. The van der Waals surface area contributed by atoms with Crippen molar-refractivity contribution in [1.29, 1.82) is 0 Å². The quantitative estimate of drug-likeness (QED) is 0.824. The zero-order valence-electron chi connectivity index (χ0n) is 15.1. The van der Waals surface area contributed by atoms with Crippen LogP contribution in [0.3, 0.4) is 0 Å². The average molecular weight is 352 g/mol. The van der Waals surface area contributed by atoms with Gasteiger partial charge in [0, 0.05) is 56.4 Å². The molecule has 2 aromatic heterocycles. The van der Waals surface area contributed by atoms with Gasteiger partial charge in [0.1, 0.15) is 5.82 Å². The number of piperidine rings is 2. The van der Waals surface area contributed by atoms with E-state index in [4.69, 9.17) is 0 Å². The van der Waals surface area contributed by atoms with Crippen LogP contribution in [0.15, 0.2) is 30.9 Å². The molecule has 7 nitrogen and oxygen atoms in total. The predicted octanol–water partition coefficient (Wildman–Crippen LogP) is 2.10. The summed E-state index contributed by atoms with van der Waals surface area (Å²) in [5.41, 5.74) is 0.698. The van der Waals surface area contributed by atoms with Crippen LogP contribution in [0.5, 0.6) is 0 Å². The summed E-state index contributed by atoms with van der Waals surface area (Å²) in [6.07, 6.45) is 11.3. The molecule has 2 aliphatic heterocycles. The third-order valence-corrected chi connectivity index (χ3v) is 5.47. The SMILES string of the molecule is Cc1ncc(C(=O)N2CCCC3(CCCN(c4ncccn4)C3)C2)cn1. The molecule has 136 valence electrons. The lowest BCUT2D eigenvalue weighted by Crippen LogP contribution is -2.54. The maximum absolute atomic E-state index is 12.9. The van der Waals surface area contributed by atoms with Gasteiger partial charge in [-0.2, -0.15) is 0 Å². The number of nitrogens with zero attached hydrogens (tertiary/aromatic N) is 6. The van der Waals surface area contributed by atoms with E-state index < -0.39 is 0 Å². The van der Waals surface area contributed by atoms with Crippen LogP contribution in [-0.4, -0.2) is 56.9 Å². The van der Waals surface area contributed by atoms with Gasteiger partial charge in [0.2, 0.25) is 5.95 Å². The summed E-state index contributed by atoms with van der Waals surface area (Å²) in [6.45, 7) is 5.29. The second kappa shape index (κ2) is 6.97. The Kier molecular flexibility index (Phi) is 4.53. The standard InChI is InChI=1S/C19H24N6O/c1-15-22-11-16(12-23-15)17(26)24-9-2-5-19(13-24)6-3-10-25(14-19)18-20-7-4-8-21-18/h4,7-8,11-12H,2-3,5-6,9-10,13-14H2,1H3. The number of likely N-dealkylation sites (tertiary alicyclic amines) is 1. The van der Waals surface area contributed by atoms with Gasteiger partial charge in [0.25, 0.3) is 5.91 Å². The average Bonchev–Trinajstić information content (AvgIpc) is 2.69. The van der Waals surface area contributed by atoms with E-state index >= 15 is 0 Å². The fraction of sp³-hybridized carbons (Fsp3) is 0.526. The highest BCUT2D eigenvalue weighted by atomic mass is 16.2. The molecule has 2 aliphatic rings.